The van der Waals surface area contributed by atoms with Crippen LogP contribution in [0.3, 0.4) is 0 Å². The summed E-state index contributed by atoms with van der Waals surface area (Å²) in [6, 6.07) is 6.30. The van der Waals surface area contributed by atoms with Crippen LogP contribution in [-0.2, 0) is 0 Å². The minimum atomic E-state index is 0.236. The lowest BCUT2D eigenvalue weighted by molar-refractivity contribution is 0.275. The van der Waals surface area contributed by atoms with Crippen LogP contribution in [0.25, 0.3) is 16.6 Å². The Morgan fingerprint density at radius 2 is 2.17 bits per heavy atom. The Morgan fingerprint density at radius 1 is 1.39 bits per heavy atom. The maximum Gasteiger partial charge on any atom is 0.145 e. The molecule has 1 aliphatic heterocycles. The van der Waals surface area contributed by atoms with E-state index in [4.69, 9.17) is 5.41 Å². The number of aliphatic hydroxyl groups excluding tert-OH is 1. The van der Waals surface area contributed by atoms with E-state index in [-0.39, 0.29) is 5.76 Å². The van der Waals surface area contributed by atoms with E-state index < -0.39 is 0 Å². The molecule has 0 bridgehead atoms. The number of nitrogens with zero attached hydrogens (tertiary/aromatic N) is 2. The molecule has 0 saturated carbocycles. The molecule has 1 aliphatic rings. The topological polar surface area (TPSA) is 76.0 Å². The molecule has 3 N–H and O–H groups in total. The van der Waals surface area contributed by atoms with Crippen molar-refractivity contribution in [3.8, 4) is 0 Å². The molecule has 2 heterocycles. The van der Waals surface area contributed by atoms with E-state index in [1.807, 2.05) is 30.0 Å². The number of hydrogen-bond donors (Lipinski definition) is 3. The van der Waals surface area contributed by atoms with Crippen molar-refractivity contribution in [1.29, 1.82) is 5.41 Å². The minimum Gasteiger partial charge on any atom is -0.510 e. The normalized spacial score (nSPS) is 16.7. The van der Waals surface area contributed by atoms with Crippen LogP contribution in [0.5, 0.6) is 0 Å². The number of aryl methyl sites for hydroxylation is 1. The molecule has 5 heteroatoms. The van der Waals surface area contributed by atoms with Crippen molar-refractivity contribution < 1.29 is 5.11 Å². The molecular weight excluding hydrogens is 288 g/mol. The van der Waals surface area contributed by atoms with Gasteiger partial charge < -0.3 is 15.0 Å². The molecule has 3 rings (SSSR count). The van der Waals surface area contributed by atoms with Crippen molar-refractivity contribution in [1.82, 2.24) is 14.9 Å². The summed E-state index contributed by atoms with van der Waals surface area (Å²) in [5, 5.41) is 18.9. The molecule has 2 aromatic rings. The molecule has 0 fully saturated rings. The first-order valence-electron chi connectivity index (χ1n) is 8.29. The SMILES string of the molecule is CCCC(CC)N1CC(O)=C(c2nc3ccc(C)cc3[nH]2)C1=N. The zero-order valence-electron chi connectivity index (χ0n) is 14.0. The van der Waals surface area contributed by atoms with Crippen molar-refractivity contribution in [2.24, 2.45) is 0 Å². The lowest BCUT2D eigenvalue weighted by atomic mass is 10.1. The number of rotatable bonds is 5. The summed E-state index contributed by atoms with van der Waals surface area (Å²) in [4.78, 5) is 9.81. The largest absolute Gasteiger partial charge is 0.510 e. The van der Waals surface area contributed by atoms with Gasteiger partial charge in [-0.05, 0) is 37.5 Å². The predicted molar refractivity (Wildman–Crippen MR) is 93.8 cm³/mol. The molecule has 0 aliphatic carbocycles. The molecule has 1 aromatic heterocycles. The zero-order chi connectivity index (χ0) is 16.6. The van der Waals surface area contributed by atoms with Gasteiger partial charge in [-0.3, -0.25) is 5.41 Å². The number of aromatic nitrogens is 2. The average Bonchev–Trinajstić information content (AvgIpc) is 3.05. The monoisotopic (exact) mass is 312 g/mol. The maximum absolute atomic E-state index is 10.4. The highest BCUT2D eigenvalue weighted by Crippen LogP contribution is 2.30. The van der Waals surface area contributed by atoms with E-state index in [0.29, 0.717) is 29.8 Å². The van der Waals surface area contributed by atoms with Crippen LogP contribution in [-0.4, -0.2) is 38.4 Å². The van der Waals surface area contributed by atoms with Crippen LogP contribution >= 0.6 is 0 Å². The van der Waals surface area contributed by atoms with Gasteiger partial charge in [-0.15, -0.1) is 0 Å². The van der Waals surface area contributed by atoms with Gasteiger partial charge in [0.25, 0.3) is 0 Å². The predicted octanol–water partition coefficient (Wildman–Crippen LogP) is 4.01. The third kappa shape index (κ3) is 2.71. The average molecular weight is 312 g/mol. The number of nitrogens with one attached hydrogen (secondary N) is 2. The van der Waals surface area contributed by atoms with Crippen LogP contribution in [0, 0.1) is 12.3 Å². The van der Waals surface area contributed by atoms with E-state index in [1.165, 1.54) is 0 Å². The second-order valence-corrected chi connectivity index (χ2v) is 6.25. The standard InChI is InChI=1S/C18H24N4O/c1-4-6-12(5-2)22-10-15(23)16(17(22)19)18-20-13-8-7-11(3)9-14(13)21-18/h7-9,12,19,23H,4-6,10H2,1-3H3,(H,20,21). The van der Waals surface area contributed by atoms with Crippen LogP contribution < -0.4 is 0 Å². The van der Waals surface area contributed by atoms with Gasteiger partial charge in [0.2, 0.25) is 0 Å². The Bertz CT molecular complexity index is 774. The van der Waals surface area contributed by atoms with Crippen molar-refractivity contribution >= 4 is 22.4 Å². The van der Waals surface area contributed by atoms with Crippen molar-refractivity contribution in [2.75, 3.05) is 6.54 Å². The molecular formula is C18H24N4O. The van der Waals surface area contributed by atoms with Gasteiger partial charge >= 0.3 is 0 Å². The number of H-pyrrole nitrogens is 1. The first kappa shape index (κ1) is 15.6. The lowest BCUT2D eigenvalue weighted by Gasteiger charge is -2.28. The quantitative estimate of drug-likeness (QED) is 0.780. The Hall–Kier alpha value is -2.30. The van der Waals surface area contributed by atoms with Gasteiger partial charge in [0, 0.05) is 6.04 Å². The van der Waals surface area contributed by atoms with E-state index in [9.17, 15) is 5.11 Å². The third-order valence-electron chi connectivity index (χ3n) is 4.54. The molecule has 1 atom stereocenters. The summed E-state index contributed by atoms with van der Waals surface area (Å²) in [7, 11) is 0. The first-order chi connectivity index (χ1) is 11.0. The van der Waals surface area contributed by atoms with Crippen LogP contribution in [0.15, 0.2) is 24.0 Å². The summed E-state index contributed by atoms with van der Waals surface area (Å²) in [5.74, 6) is 1.20. The van der Waals surface area contributed by atoms with Gasteiger partial charge in [0.1, 0.15) is 17.4 Å². The molecule has 0 radical (unpaired) electrons. The van der Waals surface area contributed by atoms with Gasteiger partial charge in [-0.25, -0.2) is 4.98 Å². The van der Waals surface area contributed by atoms with Crippen LogP contribution in [0.1, 0.15) is 44.5 Å². The van der Waals surface area contributed by atoms with Gasteiger partial charge in [-0.2, -0.15) is 0 Å². The Balaban J connectivity index is 1.95. The highest BCUT2D eigenvalue weighted by molar-refractivity contribution is 6.23. The van der Waals surface area contributed by atoms with Crippen molar-refractivity contribution in [3.05, 3.63) is 35.3 Å². The second-order valence-electron chi connectivity index (χ2n) is 6.25. The fourth-order valence-electron chi connectivity index (χ4n) is 3.32. The number of aromatic amines is 1. The number of hydrogen-bond acceptors (Lipinski definition) is 3. The highest BCUT2D eigenvalue weighted by Gasteiger charge is 2.33. The molecule has 1 aromatic carbocycles. The minimum absolute atomic E-state index is 0.236. The molecule has 1 unspecified atom stereocenters. The molecule has 0 spiro atoms. The van der Waals surface area contributed by atoms with E-state index >= 15 is 0 Å². The highest BCUT2D eigenvalue weighted by atomic mass is 16.3. The summed E-state index contributed by atoms with van der Waals surface area (Å²) < 4.78 is 0. The fourth-order valence-corrected chi connectivity index (χ4v) is 3.32. The van der Waals surface area contributed by atoms with Gasteiger partial charge in [-0.1, -0.05) is 26.3 Å². The smallest absolute Gasteiger partial charge is 0.145 e. The number of aliphatic hydroxyl groups is 1. The van der Waals surface area contributed by atoms with Crippen LogP contribution in [0.4, 0.5) is 0 Å². The number of imidazole rings is 1. The summed E-state index contributed by atoms with van der Waals surface area (Å²) in [5.41, 5.74) is 3.49. The van der Waals surface area contributed by atoms with Crippen molar-refractivity contribution in [3.63, 3.8) is 0 Å². The van der Waals surface area contributed by atoms with E-state index in [0.717, 1.165) is 35.9 Å². The van der Waals surface area contributed by atoms with E-state index in [2.05, 4.69) is 23.8 Å². The molecule has 122 valence electrons. The zero-order valence-corrected chi connectivity index (χ0v) is 14.0. The molecule has 5 nitrogen and oxygen atoms in total. The summed E-state index contributed by atoms with van der Waals surface area (Å²) in [6.45, 7) is 6.72. The Kier molecular flexibility index (Phi) is 4.11. The molecule has 0 saturated heterocycles. The number of amidine groups is 1. The molecule has 0 amide bonds. The van der Waals surface area contributed by atoms with E-state index in [1.54, 1.807) is 0 Å². The van der Waals surface area contributed by atoms with Gasteiger partial charge in [0.05, 0.1) is 23.2 Å². The first-order valence-corrected chi connectivity index (χ1v) is 8.29. The Morgan fingerprint density at radius 3 is 2.87 bits per heavy atom. The number of benzene rings is 1. The molecule has 23 heavy (non-hydrogen) atoms. The fraction of sp³-hybridized carbons (Fsp3) is 0.444. The maximum atomic E-state index is 10.4. The number of fused-ring (bicyclic) bond motifs is 1. The summed E-state index contributed by atoms with van der Waals surface area (Å²) >= 11 is 0. The third-order valence-corrected chi connectivity index (χ3v) is 4.54. The van der Waals surface area contributed by atoms with Gasteiger partial charge in [0.15, 0.2) is 0 Å². The lowest BCUT2D eigenvalue weighted by Crippen LogP contribution is -2.37. The second kappa shape index (κ2) is 6.07. The summed E-state index contributed by atoms with van der Waals surface area (Å²) in [6.07, 6.45) is 3.07. The van der Waals surface area contributed by atoms with Crippen LogP contribution in [0.2, 0.25) is 0 Å². The van der Waals surface area contributed by atoms with Crippen molar-refractivity contribution in [2.45, 2.75) is 46.1 Å². The Labute approximate surface area is 136 Å².